The molecule has 122 valence electrons. The molecule has 2 aromatic carbocycles. The topological polar surface area (TPSA) is 50.8 Å². The molecule has 25 heavy (non-hydrogen) atoms. The SMILES string of the molecule is CN(C)c1ccc(/C=C/C(/C=C/c2ccccc2)=C(C#N)C#N)cc1. The molecule has 0 aliphatic carbocycles. The van der Waals surface area contributed by atoms with Crippen LogP contribution >= 0.6 is 0 Å². The van der Waals surface area contributed by atoms with Gasteiger partial charge in [-0.2, -0.15) is 10.5 Å². The maximum atomic E-state index is 9.18. The van der Waals surface area contributed by atoms with Gasteiger partial charge in [0.15, 0.2) is 0 Å². The third kappa shape index (κ3) is 5.23. The van der Waals surface area contributed by atoms with E-state index in [-0.39, 0.29) is 5.57 Å². The lowest BCUT2D eigenvalue weighted by Gasteiger charge is -2.11. The van der Waals surface area contributed by atoms with Gasteiger partial charge in [0.2, 0.25) is 0 Å². The fourth-order valence-electron chi connectivity index (χ4n) is 2.20. The van der Waals surface area contributed by atoms with Crippen molar-refractivity contribution in [1.29, 1.82) is 10.5 Å². The van der Waals surface area contributed by atoms with Gasteiger partial charge >= 0.3 is 0 Å². The standard InChI is InChI=1S/C22H19N3/c1-25(2)22-14-10-19(11-15-22)9-13-20(21(16-23)17-24)12-8-18-6-4-3-5-7-18/h3-15H,1-2H3/b12-8+,13-9+. The van der Waals surface area contributed by atoms with Crippen LogP contribution in [0, 0.1) is 22.7 Å². The van der Waals surface area contributed by atoms with Crippen LogP contribution in [0.25, 0.3) is 12.2 Å². The Hall–Kier alpha value is -3.56. The Labute approximate surface area is 149 Å². The van der Waals surface area contributed by atoms with Crippen molar-refractivity contribution in [3.63, 3.8) is 0 Å². The molecule has 0 aliphatic rings. The van der Waals surface area contributed by atoms with Crippen molar-refractivity contribution in [2.75, 3.05) is 19.0 Å². The van der Waals surface area contributed by atoms with E-state index in [9.17, 15) is 10.5 Å². The summed E-state index contributed by atoms with van der Waals surface area (Å²) in [7, 11) is 3.98. The number of benzene rings is 2. The van der Waals surface area contributed by atoms with E-state index in [1.54, 1.807) is 12.2 Å². The Bertz CT molecular complexity index is 856. The number of anilines is 1. The van der Waals surface area contributed by atoms with E-state index < -0.39 is 0 Å². The summed E-state index contributed by atoms with van der Waals surface area (Å²) in [5, 5.41) is 18.4. The molecule has 0 spiro atoms. The highest BCUT2D eigenvalue weighted by atomic mass is 15.1. The van der Waals surface area contributed by atoms with Gasteiger partial charge in [-0.25, -0.2) is 0 Å². The Morgan fingerprint density at radius 1 is 0.800 bits per heavy atom. The van der Waals surface area contributed by atoms with Crippen LogP contribution in [-0.2, 0) is 0 Å². The third-order valence-corrected chi connectivity index (χ3v) is 3.63. The minimum Gasteiger partial charge on any atom is -0.378 e. The zero-order valence-electron chi connectivity index (χ0n) is 14.3. The quantitative estimate of drug-likeness (QED) is 0.585. The second-order valence-corrected chi connectivity index (χ2v) is 5.62. The van der Waals surface area contributed by atoms with Gasteiger partial charge in [0.25, 0.3) is 0 Å². The minimum absolute atomic E-state index is 0.0911. The average Bonchev–Trinajstić information content (AvgIpc) is 2.65. The van der Waals surface area contributed by atoms with Gasteiger partial charge in [-0.3, -0.25) is 0 Å². The molecule has 0 heterocycles. The maximum absolute atomic E-state index is 9.18. The summed E-state index contributed by atoms with van der Waals surface area (Å²) in [6.07, 6.45) is 7.38. The summed E-state index contributed by atoms with van der Waals surface area (Å²) in [4.78, 5) is 2.03. The second-order valence-electron chi connectivity index (χ2n) is 5.62. The zero-order chi connectivity index (χ0) is 18.1. The largest absolute Gasteiger partial charge is 0.378 e. The molecular formula is C22H19N3. The molecule has 0 unspecified atom stereocenters. The number of nitriles is 2. The Morgan fingerprint density at radius 2 is 1.32 bits per heavy atom. The van der Waals surface area contributed by atoms with E-state index in [0.717, 1.165) is 16.8 Å². The summed E-state index contributed by atoms with van der Waals surface area (Å²) in [5.74, 6) is 0. The van der Waals surface area contributed by atoms with Crippen LogP contribution in [0.3, 0.4) is 0 Å². The van der Waals surface area contributed by atoms with Crippen LogP contribution in [0.15, 0.2) is 77.9 Å². The maximum Gasteiger partial charge on any atom is 0.136 e. The van der Waals surface area contributed by atoms with E-state index in [0.29, 0.717) is 5.57 Å². The highest BCUT2D eigenvalue weighted by Crippen LogP contribution is 2.16. The molecule has 2 aromatic rings. The second kappa shape index (κ2) is 8.91. The highest BCUT2D eigenvalue weighted by molar-refractivity contribution is 5.65. The van der Waals surface area contributed by atoms with Gasteiger partial charge < -0.3 is 4.90 Å². The van der Waals surface area contributed by atoms with Crippen LogP contribution in [0.4, 0.5) is 5.69 Å². The first kappa shape index (κ1) is 17.8. The fourth-order valence-corrected chi connectivity index (χ4v) is 2.20. The van der Waals surface area contributed by atoms with Gasteiger partial charge in [0.05, 0.1) is 0 Å². The fraction of sp³-hybridized carbons (Fsp3) is 0.0909. The van der Waals surface area contributed by atoms with Gasteiger partial charge in [-0.1, -0.05) is 66.8 Å². The molecule has 2 rings (SSSR count). The van der Waals surface area contributed by atoms with Crippen LogP contribution in [0.1, 0.15) is 11.1 Å². The molecule has 0 saturated heterocycles. The van der Waals surface area contributed by atoms with E-state index in [1.165, 1.54) is 0 Å². The van der Waals surface area contributed by atoms with Crippen LogP contribution < -0.4 is 4.90 Å². The Morgan fingerprint density at radius 3 is 1.80 bits per heavy atom. The lowest BCUT2D eigenvalue weighted by molar-refractivity contribution is 1.13. The van der Waals surface area contributed by atoms with Crippen molar-refractivity contribution in [1.82, 2.24) is 0 Å². The zero-order valence-corrected chi connectivity index (χ0v) is 14.3. The summed E-state index contributed by atoms with van der Waals surface area (Å²) in [5.41, 5.74) is 3.82. The van der Waals surface area contributed by atoms with Crippen molar-refractivity contribution < 1.29 is 0 Å². The molecule has 0 fully saturated rings. The molecule has 0 N–H and O–H groups in total. The molecule has 3 nitrogen and oxygen atoms in total. The van der Waals surface area contributed by atoms with E-state index in [4.69, 9.17) is 0 Å². The van der Waals surface area contributed by atoms with Gasteiger partial charge in [0.1, 0.15) is 17.7 Å². The summed E-state index contributed by atoms with van der Waals surface area (Å²) in [6.45, 7) is 0. The first-order valence-corrected chi connectivity index (χ1v) is 7.87. The highest BCUT2D eigenvalue weighted by Gasteiger charge is 2.00. The predicted molar refractivity (Wildman–Crippen MR) is 104 cm³/mol. The van der Waals surface area contributed by atoms with E-state index in [2.05, 4.69) is 0 Å². The number of allylic oxidation sites excluding steroid dienone is 4. The van der Waals surface area contributed by atoms with Gasteiger partial charge in [-0.15, -0.1) is 0 Å². The molecule has 0 aliphatic heterocycles. The smallest absolute Gasteiger partial charge is 0.136 e. The average molecular weight is 325 g/mol. The Balaban J connectivity index is 2.28. The van der Waals surface area contributed by atoms with Crippen LogP contribution in [-0.4, -0.2) is 14.1 Å². The number of hydrogen-bond acceptors (Lipinski definition) is 3. The van der Waals surface area contributed by atoms with E-state index in [1.807, 2.05) is 97.9 Å². The monoisotopic (exact) mass is 325 g/mol. The summed E-state index contributed by atoms with van der Waals surface area (Å²) in [6, 6.07) is 21.7. The Kier molecular flexibility index (Phi) is 6.34. The van der Waals surface area contributed by atoms with Crippen molar-refractivity contribution in [3.8, 4) is 12.1 Å². The van der Waals surface area contributed by atoms with Gasteiger partial charge in [0, 0.05) is 25.4 Å². The summed E-state index contributed by atoms with van der Waals surface area (Å²) < 4.78 is 0. The van der Waals surface area contributed by atoms with Crippen LogP contribution in [0.2, 0.25) is 0 Å². The summed E-state index contributed by atoms with van der Waals surface area (Å²) >= 11 is 0. The molecule has 0 amide bonds. The molecule has 0 aromatic heterocycles. The first-order chi connectivity index (χ1) is 12.1. The lowest BCUT2D eigenvalue weighted by Crippen LogP contribution is -2.07. The van der Waals surface area contributed by atoms with E-state index >= 15 is 0 Å². The predicted octanol–water partition coefficient (Wildman–Crippen LogP) is 4.82. The third-order valence-electron chi connectivity index (χ3n) is 3.63. The minimum atomic E-state index is 0.0911. The molecular weight excluding hydrogens is 306 g/mol. The molecule has 0 radical (unpaired) electrons. The number of hydrogen-bond donors (Lipinski definition) is 0. The van der Waals surface area contributed by atoms with Gasteiger partial charge in [-0.05, 0) is 23.3 Å². The van der Waals surface area contributed by atoms with Crippen molar-refractivity contribution in [3.05, 3.63) is 89.0 Å². The number of rotatable bonds is 5. The van der Waals surface area contributed by atoms with Crippen molar-refractivity contribution >= 4 is 17.8 Å². The first-order valence-electron chi connectivity index (χ1n) is 7.87. The molecule has 0 atom stereocenters. The lowest BCUT2D eigenvalue weighted by atomic mass is 10.1. The normalized spacial score (nSPS) is 10.4. The molecule has 0 bridgehead atoms. The number of nitrogens with zero attached hydrogens (tertiary/aromatic N) is 3. The molecule has 0 saturated carbocycles. The van der Waals surface area contributed by atoms with Crippen molar-refractivity contribution in [2.45, 2.75) is 0 Å². The van der Waals surface area contributed by atoms with Crippen LogP contribution in [0.5, 0.6) is 0 Å². The molecule has 3 heteroatoms. The van der Waals surface area contributed by atoms with Crippen molar-refractivity contribution in [2.24, 2.45) is 0 Å².